The van der Waals surface area contributed by atoms with E-state index in [1.807, 2.05) is 42.2 Å². The Balaban J connectivity index is 1.78. The summed E-state index contributed by atoms with van der Waals surface area (Å²) >= 11 is 1.72. The van der Waals surface area contributed by atoms with Crippen molar-refractivity contribution in [3.05, 3.63) is 53.5 Å². The van der Waals surface area contributed by atoms with Gasteiger partial charge in [-0.1, -0.05) is 31.0 Å². The summed E-state index contributed by atoms with van der Waals surface area (Å²) in [6, 6.07) is 14.7. The summed E-state index contributed by atoms with van der Waals surface area (Å²) in [5.41, 5.74) is 3.03. The Morgan fingerprint density at radius 2 is 1.96 bits per heavy atom. The molecule has 1 amide bonds. The van der Waals surface area contributed by atoms with Crippen LogP contribution in [0, 0.1) is 0 Å². The lowest BCUT2D eigenvalue weighted by Gasteiger charge is -2.24. The molecule has 0 saturated heterocycles. The Bertz CT molecular complexity index is 843. The van der Waals surface area contributed by atoms with Gasteiger partial charge in [-0.2, -0.15) is 0 Å². The molecule has 1 aliphatic carbocycles. The van der Waals surface area contributed by atoms with Crippen molar-refractivity contribution in [1.82, 2.24) is 4.57 Å². The van der Waals surface area contributed by atoms with E-state index in [1.165, 1.54) is 35.9 Å². The van der Waals surface area contributed by atoms with E-state index in [4.69, 9.17) is 0 Å². The first-order chi connectivity index (χ1) is 11.8. The van der Waals surface area contributed by atoms with Crippen LogP contribution in [0.1, 0.15) is 49.1 Å². The number of fused-ring (bicyclic) bond motifs is 1. The summed E-state index contributed by atoms with van der Waals surface area (Å²) in [4.78, 5) is 15.2. The molecular weight excluding hydrogens is 316 g/mol. The highest BCUT2D eigenvalue weighted by Crippen LogP contribution is 2.37. The number of nitrogens with zero attached hydrogens (tertiary/aromatic N) is 2. The van der Waals surface area contributed by atoms with E-state index in [1.54, 1.807) is 11.3 Å². The third-order valence-corrected chi connectivity index (χ3v) is 5.85. The number of carbonyl (C=O) groups is 1. The molecule has 0 atom stereocenters. The van der Waals surface area contributed by atoms with Gasteiger partial charge in [-0.15, -0.1) is 11.3 Å². The topological polar surface area (TPSA) is 25.2 Å². The van der Waals surface area contributed by atoms with Crippen molar-refractivity contribution in [3.8, 4) is 0 Å². The minimum absolute atomic E-state index is 0.110. The van der Waals surface area contributed by atoms with Crippen molar-refractivity contribution in [2.24, 2.45) is 0 Å². The van der Waals surface area contributed by atoms with Crippen LogP contribution >= 0.6 is 11.3 Å². The number of thiophene rings is 1. The quantitative estimate of drug-likeness (QED) is 0.618. The SMILES string of the molecule is CCN(C(=O)c1cc2sccc2n1C1CCCC1)c1ccccc1. The van der Waals surface area contributed by atoms with Gasteiger partial charge < -0.3 is 9.47 Å². The van der Waals surface area contributed by atoms with Crippen LogP contribution in [0.15, 0.2) is 47.8 Å². The van der Waals surface area contributed by atoms with Crippen LogP contribution in [0.3, 0.4) is 0 Å². The molecule has 4 heteroatoms. The number of anilines is 1. The average Bonchev–Trinajstić information content (AvgIpc) is 3.33. The molecule has 0 unspecified atom stereocenters. The molecule has 0 N–H and O–H groups in total. The molecule has 0 spiro atoms. The van der Waals surface area contributed by atoms with Gasteiger partial charge in [0, 0.05) is 18.3 Å². The van der Waals surface area contributed by atoms with Gasteiger partial charge in [0.05, 0.1) is 10.2 Å². The van der Waals surface area contributed by atoms with Crippen molar-refractivity contribution < 1.29 is 4.79 Å². The third kappa shape index (κ3) is 2.55. The summed E-state index contributed by atoms with van der Waals surface area (Å²) in [5.74, 6) is 0.110. The van der Waals surface area contributed by atoms with E-state index in [-0.39, 0.29) is 5.91 Å². The van der Waals surface area contributed by atoms with E-state index in [0.717, 1.165) is 11.4 Å². The molecule has 1 aliphatic rings. The molecule has 0 aliphatic heterocycles. The van der Waals surface area contributed by atoms with Crippen LogP contribution in [0.25, 0.3) is 10.2 Å². The van der Waals surface area contributed by atoms with Crippen molar-refractivity contribution in [1.29, 1.82) is 0 Å². The molecule has 3 aromatic rings. The summed E-state index contributed by atoms with van der Waals surface area (Å²) < 4.78 is 3.53. The maximum absolute atomic E-state index is 13.3. The van der Waals surface area contributed by atoms with Crippen molar-refractivity contribution in [2.45, 2.75) is 38.6 Å². The Kier molecular flexibility index (Phi) is 4.15. The monoisotopic (exact) mass is 338 g/mol. The van der Waals surface area contributed by atoms with Gasteiger partial charge in [-0.05, 0) is 49.4 Å². The molecule has 1 fully saturated rings. The summed E-state index contributed by atoms with van der Waals surface area (Å²) in [6.45, 7) is 2.71. The van der Waals surface area contributed by atoms with Crippen molar-refractivity contribution >= 4 is 33.1 Å². The summed E-state index contributed by atoms with van der Waals surface area (Å²) in [6.07, 6.45) is 4.88. The van der Waals surface area contributed by atoms with Crippen LogP contribution in [0.4, 0.5) is 5.69 Å². The molecule has 2 heterocycles. The number of amides is 1. The number of aromatic nitrogens is 1. The maximum atomic E-state index is 13.3. The predicted molar refractivity (Wildman–Crippen MR) is 101 cm³/mol. The van der Waals surface area contributed by atoms with Gasteiger partial charge in [0.15, 0.2) is 0 Å². The largest absolute Gasteiger partial charge is 0.333 e. The molecule has 1 saturated carbocycles. The third-order valence-electron chi connectivity index (χ3n) is 5.00. The molecule has 1 aromatic carbocycles. The van der Waals surface area contributed by atoms with Gasteiger partial charge in [-0.3, -0.25) is 4.79 Å². The lowest BCUT2D eigenvalue weighted by molar-refractivity contribution is 0.0978. The fourth-order valence-electron chi connectivity index (χ4n) is 3.86. The number of rotatable bonds is 4. The number of hydrogen-bond donors (Lipinski definition) is 0. The van der Waals surface area contributed by atoms with E-state index >= 15 is 0 Å². The van der Waals surface area contributed by atoms with Crippen LogP contribution in [0.5, 0.6) is 0 Å². The highest BCUT2D eigenvalue weighted by Gasteiger charge is 2.27. The molecular formula is C20H22N2OS. The zero-order valence-electron chi connectivity index (χ0n) is 13.9. The van der Waals surface area contributed by atoms with Crippen LogP contribution < -0.4 is 4.90 Å². The molecule has 124 valence electrons. The zero-order chi connectivity index (χ0) is 16.5. The number of carbonyl (C=O) groups excluding carboxylic acids is 1. The van der Waals surface area contributed by atoms with Crippen LogP contribution in [-0.4, -0.2) is 17.0 Å². The van der Waals surface area contributed by atoms with Crippen LogP contribution in [0.2, 0.25) is 0 Å². The van der Waals surface area contributed by atoms with Crippen LogP contribution in [-0.2, 0) is 0 Å². The number of hydrogen-bond acceptors (Lipinski definition) is 2. The van der Waals surface area contributed by atoms with Gasteiger partial charge in [0.1, 0.15) is 5.69 Å². The first-order valence-electron chi connectivity index (χ1n) is 8.75. The van der Waals surface area contributed by atoms with Crippen molar-refractivity contribution in [3.63, 3.8) is 0 Å². The molecule has 3 nitrogen and oxygen atoms in total. The lowest BCUT2D eigenvalue weighted by Crippen LogP contribution is -2.32. The van der Waals surface area contributed by atoms with Crippen molar-refractivity contribution in [2.75, 3.05) is 11.4 Å². The van der Waals surface area contributed by atoms with E-state index in [0.29, 0.717) is 12.6 Å². The number of para-hydroxylation sites is 1. The van der Waals surface area contributed by atoms with Gasteiger partial charge in [0.25, 0.3) is 5.91 Å². The molecule has 0 radical (unpaired) electrons. The van der Waals surface area contributed by atoms with Gasteiger partial charge in [0.2, 0.25) is 0 Å². The van der Waals surface area contributed by atoms with E-state index in [2.05, 4.69) is 22.1 Å². The normalized spacial score (nSPS) is 15.2. The molecule has 2 aromatic heterocycles. The molecule has 4 rings (SSSR count). The smallest absolute Gasteiger partial charge is 0.274 e. The number of benzene rings is 1. The highest BCUT2D eigenvalue weighted by atomic mass is 32.1. The first kappa shape index (κ1) is 15.5. The predicted octanol–water partition coefficient (Wildman–Crippen LogP) is 5.48. The Morgan fingerprint density at radius 1 is 1.21 bits per heavy atom. The standard InChI is InChI=1S/C20H22N2OS/c1-2-21(15-8-4-3-5-9-15)20(23)18-14-19-17(12-13-24-19)22(18)16-10-6-7-11-16/h3-5,8-9,12-14,16H,2,6-7,10-11H2,1H3. The Morgan fingerprint density at radius 3 is 2.67 bits per heavy atom. The van der Waals surface area contributed by atoms with E-state index < -0.39 is 0 Å². The maximum Gasteiger partial charge on any atom is 0.274 e. The van der Waals surface area contributed by atoms with E-state index in [9.17, 15) is 4.79 Å². The Hall–Kier alpha value is -2.07. The molecule has 24 heavy (non-hydrogen) atoms. The summed E-state index contributed by atoms with van der Waals surface area (Å²) in [5, 5.41) is 2.12. The minimum Gasteiger partial charge on any atom is -0.333 e. The van der Waals surface area contributed by atoms with Gasteiger partial charge in [-0.25, -0.2) is 0 Å². The fourth-order valence-corrected chi connectivity index (χ4v) is 4.67. The minimum atomic E-state index is 0.110. The average molecular weight is 338 g/mol. The van der Waals surface area contributed by atoms with Gasteiger partial charge >= 0.3 is 0 Å². The summed E-state index contributed by atoms with van der Waals surface area (Å²) in [7, 11) is 0. The fraction of sp³-hybridized carbons (Fsp3) is 0.350. The second kappa shape index (κ2) is 6.44. The second-order valence-corrected chi connectivity index (χ2v) is 7.34. The highest BCUT2D eigenvalue weighted by molar-refractivity contribution is 7.17. The second-order valence-electron chi connectivity index (χ2n) is 6.39. The first-order valence-corrected chi connectivity index (χ1v) is 9.63. The Labute approximate surface area is 146 Å². The molecule has 0 bridgehead atoms. The zero-order valence-corrected chi connectivity index (χ0v) is 14.8. The lowest BCUT2D eigenvalue weighted by atomic mass is 10.2.